The first-order chi connectivity index (χ1) is 13.8. The summed E-state index contributed by atoms with van der Waals surface area (Å²) in [5.74, 6) is 2.04. The number of thiol groups is 3. The first-order valence-electron chi connectivity index (χ1n) is 10.2. The van der Waals surface area contributed by atoms with Gasteiger partial charge in [-0.2, -0.15) is 37.9 Å². The Morgan fingerprint density at radius 2 is 0.900 bits per heavy atom. The van der Waals surface area contributed by atoms with Crippen LogP contribution < -0.4 is 0 Å². The SMILES string of the molecule is CCC(C(SCC(C)S)C(C)=O)(C(SCC(C)S)C(C)=O)C(SCC(C)S)C(C)=O. The standard InChI is InChI=1S/C21H38O3S6/c1-8-21(18(15(5)22)28-9-12(2)25,19(16(6)23)29-10-13(3)26)20(17(7)24)30-11-14(4)27/h12-14,18-20,25-27H,8-11H2,1-7H3. The Balaban J connectivity index is 6.66. The number of thioether (sulfide) groups is 3. The number of rotatable bonds is 16. The predicted molar refractivity (Wildman–Crippen MR) is 149 cm³/mol. The molecule has 9 heteroatoms. The highest BCUT2D eigenvalue weighted by atomic mass is 32.2. The van der Waals surface area contributed by atoms with E-state index in [1.807, 2.05) is 27.7 Å². The van der Waals surface area contributed by atoms with Crippen LogP contribution in [0.4, 0.5) is 0 Å². The normalized spacial score (nSPS) is 19.8. The van der Waals surface area contributed by atoms with Crippen molar-refractivity contribution in [3.8, 4) is 0 Å². The van der Waals surface area contributed by atoms with Crippen LogP contribution in [0.2, 0.25) is 0 Å². The molecule has 0 spiro atoms. The van der Waals surface area contributed by atoms with E-state index >= 15 is 0 Å². The van der Waals surface area contributed by atoms with Crippen LogP contribution in [0.15, 0.2) is 0 Å². The fourth-order valence-electron chi connectivity index (χ4n) is 3.63. The first kappa shape index (κ1) is 31.1. The fourth-order valence-corrected chi connectivity index (χ4v) is 9.03. The van der Waals surface area contributed by atoms with Gasteiger partial charge in [0, 0.05) is 38.4 Å². The molecule has 0 aliphatic rings. The number of hydrogen-bond donors (Lipinski definition) is 3. The van der Waals surface area contributed by atoms with Gasteiger partial charge in [0.2, 0.25) is 0 Å². The van der Waals surface area contributed by atoms with Crippen molar-refractivity contribution in [3.63, 3.8) is 0 Å². The lowest BCUT2D eigenvalue weighted by atomic mass is 9.71. The average molecular weight is 531 g/mol. The van der Waals surface area contributed by atoms with Gasteiger partial charge in [0.1, 0.15) is 17.3 Å². The van der Waals surface area contributed by atoms with Gasteiger partial charge >= 0.3 is 0 Å². The summed E-state index contributed by atoms with van der Waals surface area (Å²) in [5.41, 5.74) is -0.794. The third kappa shape index (κ3) is 9.54. The second-order valence-electron chi connectivity index (χ2n) is 7.99. The molecule has 0 rings (SSSR count). The van der Waals surface area contributed by atoms with Crippen LogP contribution in [-0.4, -0.2) is 66.1 Å². The third-order valence-electron chi connectivity index (χ3n) is 4.70. The lowest BCUT2D eigenvalue weighted by molar-refractivity contribution is -0.123. The summed E-state index contributed by atoms with van der Waals surface area (Å²) < 4.78 is 0. The maximum atomic E-state index is 13.0. The molecule has 3 nitrogen and oxygen atoms in total. The van der Waals surface area contributed by atoms with Crippen molar-refractivity contribution in [3.05, 3.63) is 0 Å². The molecule has 176 valence electrons. The van der Waals surface area contributed by atoms with Crippen LogP contribution in [0.5, 0.6) is 0 Å². The monoisotopic (exact) mass is 530 g/mol. The average Bonchev–Trinajstić information content (AvgIpc) is 2.59. The molecule has 0 saturated heterocycles. The topological polar surface area (TPSA) is 51.2 Å². The Kier molecular flexibility index (Phi) is 15.7. The molecule has 0 aromatic rings. The highest BCUT2D eigenvalue weighted by Crippen LogP contribution is 2.51. The summed E-state index contributed by atoms with van der Waals surface area (Å²) in [6.07, 6.45) is 0.557. The number of Topliss-reactive ketones (excluding diaryl/α,β-unsaturated/α-hetero) is 3. The van der Waals surface area contributed by atoms with Gasteiger partial charge in [-0.15, -0.1) is 35.3 Å². The number of carbonyl (C=O) groups is 3. The minimum atomic E-state index is -0.794. The first-order valence-corrected chi connectivity index (χ1v) is 14.9. The van der Waals surface area contributed by atoms with E-state index in [-0.39, 0.29) is 33.1 Å². The molecule has 0 radical (unpaired) electrons. The molecule has 0 amide bonds. The number of hydrogen-bond acceptors (Lipinski definition) is 9. The largest absolute Gasteiger partial charge is 0.299 e. The molecule has 6 unspecified atom stereocenters. The van der Waals surface area contributed by atoms with Crippen molar-refractivity contribution in [1.82, 2.24) is 0 Å². The van der Waals surface area contributed by atoms with Gasteiger partial charge in [0.25, 0.3) is 0 Å². The molecule has 0 bridgehead atoms. The van der Waals surface area contributed by atoms with Crippen molar-refractivity contribution in [1.29, 1.82) is 0 Å². The summed E-state index contributed by atoms with van der Waals surface area (Å²) in [6.45, 7) is 12.7. The number of ketones is 3. The molecule has 0 saturated carbocycles. The van der Waals surface area contributed by atoms with Crippen molar-refractivity contribution >= 4 is 90.5 Å². The van der Waals surface area contributed by atoms with Gasteiger partial charge in [0.05, 0.1) is 15.7 Å². The lowest BCUT2D eigenvalue weighted by Crippen LogP contribution is -2.57. The Morgan fingerprint density at radius 1 is 0.667 bits per heavy atom. The van der Waals surface area contributed by atoms with Crippen LogP contribution in [0.25, 0.3) is 0 Å². The maximum Gasteiger partial charge on any atom is 0.143 e. The van der Waals surface area contributed by atoms with Crippen molar-refractivity contribution in [2.24, 2.45) is 5.41 Å². The minimum Gasteiger partial charge on any atom is -0.299 e. The lowest BCUT2D eigenvalue weighted by Gasteiger charge is -2.48. The molecule has 0 aromatic heterocycles. The van der Waals surface area contributed by atoms with Crippen molar-refractivity contribution in [2.45, 2.75) is 86.4 Å². The van der Waals surface area contributed by atoms with Gasteiger partial charge < -0.3 is 0 Å². The second-order valence-corrected chi connectivity index (χ2v) is 14.0. The molecule has 0 aromatic carbocycles. The van der Waals surface area contributed by atoms with E-state index in [4.69, 9.17) is 0 Å². The van der Waals surface area contributed by atoms with Gasteiger partial charge in [0.15, 0.2) is 0 Å². The summed E-state index contributed by atoms with van der Waals surface area (Å²) in [5, 5.41) is -1.09. The van der Waals surface area contributed by atoms with Gasteiger partial charge in [-0.25, -0.2) is 0 Å². The minimum absolute atomic E-state index is 0.00683. The maximum absolute atomic E-state index is 13.0. The highest BCUT2D eigenvalue weighted by molar-refractivity contribution is 8.03. The van der Waals surface area contributed by atoms with Gasteiger partial charge in [-0.1, -0.05) is 27.7 Å². The number of carbonyl (C=O) groups excluding carboxylic acids is 3. The molecular formula is C21H38O3S6. The smallest absolute Gasteiger partial charge is 0.143 e. The predicted octanol–water partition coefficient (Wildman–Crippen LogP) is 5.41. The summed E-state index contributed by atoms with van der Waals surface area (Å²) in [7, 11) is 0. The molecule has 30 heavy (non-hydrogen) atoms. The van der Waals surface area contributed by atoms with Crippen LogP contribution >= 0.6 is 73.2 Å². The molecule has 0 N–H and O–H groups in total. The Bertz CT molecular complexity index is 491. The molecule has 0 fully saturated rings. The second kappa shape index (κ2) is 15.1. The van der Waals surface area contributed by atoms with E-state index in [1.54, 1.807) is 20.8 Å². The van der Waals surface area contributed by atoms with E-state index in [9.17, 15) is 14.4 Å². The van der Waals surface area contributed by atoms with Crippen molar-refractivity contribution < 1.29 is 14.4 Å². The van der Waals surface area contributed by atoms with E-state index in [0.717, 1.165) is 0 Å². The van der Waals surface area contributed by atoms with Crippen molar-refractivity contribution in [2.75, 3.05) is 17.3 Å². The zero-order valence-electron chi connectivity index (χ0n) is 19.1. The highest BCUT2D eigenvalue weighted by Gasteiger charge is 2.55. The van der Waals surface area contributed by atoms with Gasteiger partial charge in [-0.3, -0.25) is 14.4 Å². The van der Waals surface area contributed by atoms with Crippen LogP contribution in [0.1, 0.15) is 54.9 Å². The van der Waals surface area contributed by atoms with E-state index in [1.165, 1.54) is 35.3 Å². The molecule has 6 atom stereocenters. The van der Waals surface area contributed by atoms with E-state index in [0.29, 0.717) is 23.7 Å². The molecular weight excluding hydrogens is 493 g/mol. The molecule has 0 aliphatic heterocycles. The molecule has 0 aliphatic carbocycles. The zero-order chi connectivity index (χ0) is 23.6. The zero-order valence-corrected chi connectivity index (χ0v) is 24.2. The fraction of sp³-hybridized carbons (Fsp3) is 0.857. The van der Waals surface area contributed by atoms with E-state index < -0.39 is 21.2 Å². The van der Waals surface area contributed by atoms with Crippen LogP contribution in [-0.2, 0) is 14.4 Å². The molecule has 0 heterocycles. The summed E-state index contributed by atoms with van der Waals surface area (Å²) >= 11 is 18.1. The summed E-state index contributed by atoms with van der Waals surface area (Å²) in [6, 6.07) is 0. The van der Waals surface area contributed by atoms with Gasteiger partial charge in [-0.05, 0) is 27.2 Å². The Morgan fingerprint density at radius 3 is 1.03 bits per heavy atom. The quantitative estimate of drug-likeness (QED) is 0.232. The van der Waals surface area contributed by atoms with Crippen LogP contribution in [0.3, 0.4) is 0 Å². The third-order valence-corrected chi connectivity index (χ3v) is 11.4. The van der Waals surface area contributed by atoms with E-state index in [2.05, 4.69) is 37.9 Å². The van der Waals surface area contributed by atoms with Crippen LogP contribution in [0, 0.1) is 5.41 Å². The Hall–Kier alpha value is 1.11. The Labute approximate surface area is 212 Å². The summed E-state index contributed by atoms with van der Waals surface area (Å²) in [4.78, 5) is 38.9.